The first-order valence-corrected chi connectivity index (χ1v) is 9.49. The molecule has 3 rings (SSSR count). The van der Waals surface area contributed by atoms with Crippen LogP contribution in [0.5, 0.6) is 0 Å². The van der Waals surface area contributed by atoms with Crippen LogP contribution < -0.4 is 0 Å². The van der Waals surface area contributed by atoms with E-state index in [1.807, 2.05) is 0 Å². The molecule has 0 fully saturated rings. The van der Waals surface area contributed by atoms with Gasteiger partial charge in [0.1, 0.15) is 5.82 Å². The zero-order valence-corrected chi connectivity index (χ0v) is 14.9. The Balaban J connectivity index is 2.10. The normalized spacial score (nSPS) is 16.8. The Hall–Kier alpha value is -0.760. The molecule has 0 saturated heterocycles. The Kier molecular flexibility index (Phi) is 4.92. The molecule has 0 N–H and O–H groups in total. The Morgan fingerprint density at radius 3 is 2.48 bits per heavy atom. The maximum Gasteiger partial charge on any atom is 0.416 e. The second kappa shape index (κ2) is 6.63. The highest BCUT2D eigenvalue weighted by molar-refractivity contribution is 14.1. The quantitative estimate of drug-likeness (QED) is 0.285. The van der Waals surface area contributed by atoms with Crippen molar-refractivity contribution in [2.45, 2.75) is 34.7 Å². The molecule has 0 aliphatic carbocycles. The third-order valence-corrected chi connectivity index (χ3v) is 5.84. The van der Waals surface area contributed by atoms with Crippen molar-refractivity contribution >= 4 is 34.4 Å². The van der Waals surface area contributed by atoms with Crippen LogP contribution in [0.15, 0.2) is 46.2 Å². The average Bonchev–Trinajstić information content (AvgIpc) is 2.49. The molecule has 2 aromatic rings. The van der Waals surface area contributed by atoms with Gasteiger partial charge in [0.15, 0.2) is 0 Å². The molecule has 1 aliphatic heterocycles. The highest BCUT2D eigenvalue weighted by atomic mass is 127. The molecule has 1 aliphatic rings. The van der Waals surface area contributed by atoms with Crippen LogP contribution in [-0.2, 0) is 6.18 Å². The number of rotatable bonds is 3. The summed E-state index contributed by atoms with van der Waals surface area (Å²) in [5.74, 6) is -0.432. The van der Waals surface area contributed by atoms with Gasteiger partial charge in [0.05, 0.1) is 5.56 Å². The summed E-state index contributed by atoms with van der Waals surface area (Å²) in [7, 11) is 0. The Morgan fingerprint density at radius 2 is 1.78 bits per heavy atom. The van der Waals surface area contributed by atoms with Crippen LogP contribution in [0.25, 0.3) is 0 Å². The Bertz CT molecular complexity index is 727. The van der Waals surface area contributed by atoms with E-state index in [1.165, 1.54) is 36.0 Å². The molecule has 2 aromatic carbocycles. The first-order valence-electron chi connectivity index (χ1n) is 7.14. The zero-order chi connectivity index (χ0) is 16.6. The predicted molar refractivity (Wildman–Crippen MR) is 91.9 cm³/mol. The minimum atomic E-state index is -4.35. The number of fused-ring (bicyclic) bond motifs is 2. The van der Waals surface area contributed by atoms with E-state index in [1.54, 1.807) is 6.07 Å². The SMILES string of the molecule is Fc1ccc2c(c1)Sc1ccc(C(F)(F)F)cc1C2CCCI. The van der Waals surface area contributed by atoms with Crippen molar-refractivity contribution in [2.75, 3.05) is 4.43 Å². The Morgan fingerprint density at radius 1 is 1.00 bits per heavy atom. The monoisotopic (exact) mass is 452 g/mol. The van der Waals surface area contributed by atoms with E-state index in [4.69, 9.17) is 0 Å². The predicted octanol–water partition coefficient (Wildman–Crippen LogP) is 6.66. The molecule has 0 bridgehead atoms. The van der Waals surface area contributed by atoms with Crippen LogP contribution in [0.4, 0.5) is 17.6 Å². The lowest BCUT2D eigenvalue weighted by Gasteiger charge is -2.28. The standard InChI is InChI=1S/C17H13F4IS/c18-11-4-5-13-12(2-1-7-22)14-8-10(17(19,20)21)3-6-15(14)23-16(13)9-11/h3-6,8-9,12H,1-2,7H2. The van der Waals surface area contributed by atoms with Gasteiger partial charge >= 0.3 is 6.18 Å². The highest BCUT2D eigenvalue weighted by Crippen LogP contribution is 2.49. The molecule has 0 amide bonds. The average molecular weight is 452 g/mol. The van der Waals surface area contributed by atoms with Gasteiger partial charge in [-0.25, -0.2) is 4.39 Å². The van der Waals surface area contributed by atoms with Crippen molar-refractivity contribution in [1.82, 2.24) is 0 Å². The van der Waals surface area contributed by atoms with E-state index < -0.39 is 11.7 Å². The first-order chi connectivity index (χ1) is 10.9. The molecule has 1 atom stereocenters. The number of hydrogen-bond donors (Lipinski definition) is 0. The summed E-state index contributed by atoms with van der Waals surface area (Å²) in [5.41, 5.74) is 1.00. The lowest BCUT2D eigenvalue weighted by Crippen LogP contribution is -2.12. The van der Waals surface area contributed by atoms with E-state index in [2.05, 4.69) is 22.6 Å². The molecule has 0 spiro atoms. The number of hydrogen-bond acceptors (Lipinski definition) is 1. The fraction of sp³-hybridized carbons (Fsp3) is 0.294. The molecule has 0 saturated carbocycles. The van der Waals surface area contributed by atoms with Gasteiger partial charge in [-0.3, -0.25) is 0 Å². The smallest absolute Gasteiger partial charge is 0.207 e. The summed E-state index contributed by atoms with van der Waals surface area (Å²) in [4.78, 5) is 1.59. The third-order valence-electron chi connectivity index (χ3n) is 3.91. The van der Waals surface area contributed by atoms with Crippen LogP contribution in [0.2, 0.25) is 0 Å². The summed E-state index contributed by atoms with van der Waals surface area (Å²) in [6.07, 6.45) is -2.69. The van der Waals surface area contributed by atoms with Crippen molar-refractivity contribution in [3.05, 3.63) is 58.9 Å². The van der Waals surface area contributed by atoms with Gasteiger partial charge < -0.3 is 0 Å². The minimum Gasteiger partial charge on any atom is -0.207 e. The lowest BCUT2D eigenvalue weighted by atomic mass is 9.86. The van der Waals surface area contributed by atoms with Gasteiger partial charge in [0, 0.05) is 15.7 Å². The topological polar surface area (TPSA) is 0 Å². The molecule has 0 nitrogen and oxygen atoms in total. The fourth-order valence-electron chi connectivity index (χ4n) is 2.85. The van der Waals surface area contributed by atoms with Crippen molar-refractivity contribution in [2.24, 2.45) is 0 Å². The number of halogens is 5. The van der Waals surface area contributed by atoms with Gasteiger partial charge in [0.25, 0.3) is 0 Å². The van der Waals surface area contributed by atoms with Gasteiger partial charge in [0.2, 0.25) is 0 Å². The Labute approximate surface area is 149 Å². The molecular weight excluding hydrogens is 439 g/mol. The number of benzene rings is 2. The lowest BCUT2D eigenvalue weighted by molar-refractivity contribution is -0.137. The second-order valence-electron chi connectivity index (χ2n) is 5.42. The highest BCUT2D eigenvalue weighted by Gasteiger charge is 2.34. The van der Waals surface area contributed by atoms with Crippen LogP contribution in [0.3, 0.4) is 0 Å². The van der Waals surface area contributed by atoms with Crippen molar-refractivity contribution in [3.8, 4) is 0 Å². The van der Waals surface area contributed by atoms with E-state index >= 15 is 0 Å². The van der Waals surface area contributed by atoms with Gasteiger partial charge in [-0.1, -0.05) is 40.4 Å². The van der Waals surface area contributed by atoms with Crippen LogP contribution in [0.1, 0.15) is 35.4 Å². The minimum absolute atomic E-state index is 0.112. The van der Waals surface area contributed by atoms with Gasteiger partial charge in [-0.05, 0) is 58.7 Å². The van der Waals surface area contributed by atoms with Crippen molar-refractivity contribution < 1.29 is 17.6 Å². The largest absolute Gasteiger partial charge is 0.416 e. The molecule has 6 heteroatoms. The van der Waals surface area contributed by atoms with Gasteiger partial charge in [-0.15, -0.1) is 0 Å². The molecular formula is C17H13F4IS. The van der Waals surface area contributed by atoms with Gasteiger partial charge in [-0.2, -0.15) is 13.2 Å². The second-order valence-corrected chi connectivity index (χ2v) is 7.58. The third kappa shape index (κ3) is 3.52. The maximum absolute atomic E-state index is 13.5. The molecule has 0 radical (unpaired) electrons. The van der Waals surface area contributed by atoms with E-state index in [0.29, 0.717) is 5.56 Å². The summed E-state index contributed by atoms with van der Waals surface area (Å²) in [5, 5.41) is 0. The first kappa shape index (κ1) is 17.1. The molecule has 23 heavy (non-hydrogen) atoms. The summed E-state index contributed by atoms with van der Waals surface area (Å²) >= 11 is 3.61. The van der Waals surface area contributed by atoms with E-state index in [-0.39, 0.29) is 11.7 Å². The molecule has 1 heterocycles. The molecule has 0 aromatic heterocycles. The summed E-state index contributed by atoms with van der Waals surface area (Å²) < 4.78 is 53.5. The van der Waals surface area contributed by atoms with Crippen LogP contribution in [0, 0.1) is 5.82 Å². The molecule has 122 valence electrons. The van der Waals surface area contributed by atoms with E-state index in [0.717, 1.165) is 38.7 Å². The number of alkyl halides is 4. The van der Waals surface area contributed by atoms with E-state index in [9.17, 15) is 17.6 Å². The zero-order valence-electron chi connectivity index (χ0n) is 12.0. The fourth-order valence-corrected chi connectivity index (χ4v) is 4.48. The van der Waals surface area contributed by atoms with Crippen molar-refractivity contribution in [1.29, 1.82) is 0 Å². The molecule has 1 unspecified atom stereocenters. The maximum atomic E-state index is 13.5. The van der Waals surface area contributed by atoms with Crippen molar-refractivity contribution in [3.63, 3.8) is 0 Å². The van der Waals surface area contributed by atoms with Crippen LogP contribution in [-0.4, -0.2) is 4.43 Å². The van der Waals surface area contributed by atoms with Crippen LogP contribution >= 0.6 is 34.4 Å². The summed E-state index contributed by atoms with van der Waals surface area (Å²) in [6.45, 7) is 0. The summed E-state index contributed by atoms with van der Waals surface area (Å²) in [6, 6.07) is 8.43.